The van der Waals surface area contributed by atoms with Crippen LogP contribution in [0, 0.1) is 11.6 Å². The first-order chi connectivity index (χ1) is 17.4. The molecular weight excluding hydrogens is 522 g/mol. The molecule has 0 saturated heterocycles. The topological polar surface area (TPSA) is 65.3 Å². The molecule has 0 aliphatic carbocycles. The second-order valence-electron chi connectivity index (χ2n) is 8.28. The normalized spacial score (nSPS) is 12.1. The van der Waals surface area contributed by atoms with Crippen molar-refractivity contribution in [2.45, 2.75) is 12.9 Å². The second kappa shape index (κ2) is 8.55. The van der Waals surface area contributed by atoms with Gasteiger partial charge in [0, 0.05) is 29.9 Å². The summed E-state index contributed by atoms with van der Waals surface area (Å²) in [7, 11) is 1.38. The molecule has 2 N–H and O–H groups in total. The maximum atomic E-state index is 14.2. The monoisotopic (exact) mass is 536 g/mol. The van der Waals surface area contributed by atoms with Gasteiger partial charge in [0.1, 0.15) is 35.3 Å². The second-order valence-corrected chi connectivity index (χ2v) is 8.66. The Hall–Kier alpha value is -3.99. The summed E-state index contributed by atoms with van der Waals surface area (Å²) >= 11 is 6.48. The summed E-state index contributed by atoms with van der Waals surface area (Å²) < 4.78 is 86.4. The van der Waals surface area contributed by atoms with Gasteiger partial charge in [-0.2, -0.15) is 13.2 Å². The Morgan fingerprint density at radius 2 is 1.76 bits per heavy atom. The quantitative estimate of drug-likeness (QED) is 0.157. The lowest BCUT2D eigenvalue weighted by Gasteiger charge is -2.17. The van der Waals surface area contributed by atoms with Crippen LogP contribution in [-0.2, 0) is 19.9 Å². The Labute approximate surface area is 209 Å². The molecule has 0 radical (unpaired) electrons. The Balaban J connectivity index is 1.76. The van der Waals surface area contributed by atoms with E-state index in [0.717, 1.165) is 18.2 Å². The number of nitrogens with two attached hydrogens (primary N) is 1. The van der Waals surface area contributed by atoms with Crippen LogP contribution in [0.25, 0.3) is 27.7 Å². The van der Waals surface area contributed by atoms with E-state index >= 15 is 0 Å². The lowest BCUT2D eigenvalue weighted by atomic mass is 9.97. The summed E-state index contributed by atoms with van der Waals surface area (Å²) in [6.07, 6.45) is -3.43. The van der Waals surface area contributed by atoms with Crippen molar-refractivity contribution in [3.63, 3.8) is 0 Å². The molecule has 0 aliphatic heterocycles. The van der Waals surface area contributed by atoms with Crippen LogP contribution in [0.1, 0.15) is 27.4 Å². The standard InChI is InChI=1S/C25H15ClF6N4O/c1-35-18-9-13(25(30,31)32)20(21(26)23(18)34-19(35)10-27)12-3-2-6-36-16(12)4-5-17(36)24(37)11-7-14(28)22(33)15(29)8-11/h2-9H,10,33H2,1H3. The molecule has 0 amide bonds. The van der Waals surface area contributed by atoms with Crippen molar-refractivity contribution >= 4 is 39.6 Å². The minimum atomic E-state index is -4.84. The number of rotatable bonds is 4. The highest BCUT2D eigenvalue weighted by Crippen LogP contribution is 2.45. The van der Waals surface area contributed by atoms with Gasteiger partial charge >= 0.3 is 6.18 Å². The lowest BCUT2D eigenvalue weighted by Crippen LogP contribution is -2.10. The van der Waals surface area contributed by atoms with Crippen molar-refractivity contribution in [1.82, 2.24) is 14.0 Å². The number of nitrogen functional groups attached to an aromatic ring is 1. The van der Waals surface area contributed by atoms with E-state index in [1.54, 1.807) is 0 Å². The molecule has 0 spiro atoms. The fourth-order valence-corrected chi connectivity index (χ4v) is 4.68. The molecule has 12 heteroatoms. The summed E-state index contributed by atoms with van der Waals surface area (Å²) in [6, 6.07) is 7.89. The number of hydrogen-bond donors (Lipinski definition) is 1. The molecule has 0 atom stereocenters. The summed E-state index contributed by atoms with van der Waals surface area (Å²) in [4.78, 5) is 17.1. The van der Waals surface area contributed by atoms with Crippen LogP contribution in [-0.4, -0.2) is 19.7 Å². The molecule has 37 heavy (non-hydrogen) atoms. The van der Waals surface area contributed by atoms with E-state index in [0.29, 0.717) is 0 Å². The minimum absolute atomic E-state index is 0.000620. The molecule has 5 aromatic rings. The van der Waals surface area contributed by atoms with Crippen LogP contribution in [0.2, 0.25) is 5.02 Å². The van der Waals surface area contributed by atoms with Crippen LogP contribution < -0.4 is 5.73 Å². The molecule has 3 heterocycles. The molecule has 0 bridgehead atoms. The number of nitrogens with zero attached hydrogens (tertiary/aromatic N) is 3. The number of ketones is 1. The van der Waals surface area contributed by atoms with Gasteiger partial charge in [0.05, 0.1) is 27.3 Å². The number of benzene rings is 2. The molecule has 0 saturated carbocycles. The van der Waals surface area contributed by atoms with Crippen LogP contribution in [0.4, 0.5) is 32.0 Å². The van der Waals surface area contributed by atoms with E-state index in [1.165, 1.54) is 46.5 Å². The van der Waals surface area contributed by atoms with Crippen molar-refractivity contribution in [3.8, 4) is 11.1 Å². The highest BCUT2D eigenvalue weighted by atomic mass is 35.5. The first kappa shape index (κ1) is 24.7. The molecule has 5 nitrogen and oxygen atoms in total. The first-order valence-corrected chi connectivity index (χ1v) is 11.0. The zero-order chi connectivity index (χ0) is 26.8. The molecule has 0 aliphatic rings. The third-order valence-electron chi connectivity index (χ3n) is 6.17. The van der Waals surface area contributed by atoms with E-state index in [-0.39, 0.29) is 44.2 Å². The Kier molecular flexibility index (Phi) is 5.70. The Morgan fingerprint density at radius 1 is 1.08 bits per heavy atom. The fraction of sp³-hybridized carbons (Fsp3) is 0.120. The Bertz CT molecular complexity index is 1710. The maximum absolute atomic E-state index is 14.2. The SMILES string of the molecule is Cn1c(CF)nc2c(Cl)c(-c3cccn4c(C(=O)c5cc(F)c(N)c(F)c5)ccc34)c(C(F)(F)F)cc21. The molecule has 190 valence electrons. The third kappa shape index (κ3) is 3.81. The highest BCUT2D eigenvalue weighted by molar-refractivity contribution is 6.38. The van der Waals surface area contributed by atoms with E-state index in [9.17, 15) is 31.1 Å². The van der Waals surface area contributed by atoms with Crippen molar-refractivity contribution in [3.05, 3.63) is 88.0 Å². The first-order valence-electron chi connectivity index (χ1n) is 10.6. The number of carbonyl (C=O) groups is 1. The number of pyridine rings is 1. The maximum Gasteiger partial charge on any atom is 0.417 e. The number of halogens is 7. The third-order valence-corrected chi connectivity index (χ3v) is 6.54. The summed E-state index contributed by atoms with van der Waals surface area (Å²) in [5.74, 6) is -3.13. The summed E-state index contributed by atoms with van der Waals surface area (Å²) in [6.45, 7) is -1.01. The van der Waals surface area contributed by atoms with Crippen molar-refractivity contribution in [1.29, 1.82) is 0 Å². The average molecular weight is 537 g/mol. The highest BCUT2D eigenvalue weighted by Gasteiger charge is 2.37. The number of alkyl halides is 4. The molecular formula is C25H15ClF6N4O. The van der Waals surface area contributed by atoms with E-state index in [1.807, 2.05) is 0 Å². The predicted octanol–water partition coefficient (Wildman–Crippen LogP) is 6.73. The van der Waals surface area contributed by atoms with Gasteiger partial charge in [-0.25, -0.2) is 18.2 Å². The van der Waals surface area contributed by atoms with Crippen molar-refractivity contribution in [2.24, 2.45) is 7.05 Å². The van der Waals surface area contributed by atoms with Crippen LogP contribution >= 0.6 is 11.6 Å². The van der Waals surface area contributed by atoms with E-state index in [2.05, 4.69) is 4.98 Å². The van der Waals surface area contributed by atoms with Gasteiger partial charge in [-0.05, 0) is 36.4 Å². The Morgan fingerprint density at radius 3 is 2.38 bits per heavy atom. The lowest BCUT2D eigenvalue weighted by molar-refractivity contribution is -0.137. The molecule has 5 rings (SSSR count). The summed E-state index contributed by atoms with van der Waals surface area (Å²) in [5.41, 5.74) is 2.80. The van der Waals surface area contributed by atoms with Crippen LogP contribution in [0.5, 0.6) is 0 Å². The van der Waals surface area contributed by atoms with Gasteiger partial charge in [-0.3, -0.25) is 4.79 Å². The molecule has 2 aromatic carbocycles. The zero-order valence-corrected chi connectivity index (χ0v) is 19.6. The van der Waals surface area contributed by atoms with Gasteiger partial charge in [-0.1, -0.05) is 17.7 Å². The van der Waals surface area contributed by atoms with Gasteiger partial charge in [-0.15, -0.1) is 0 Å². The van der Waals surface area contributed by atoms with Gasteiger partial charge in [0.2, 0.25) is 5.78 Å². The number of aromatic nitrogens is 3. The smallest absolute Gasteiger partial charge is 0.394 e. The number of carbonyl (C=O) groups excluding carboxylic acids is 1. The van der Waals surface area contributed by atoms with Crippen LogP contribution in [0.3, 0.4) is 0 Å². The van der Waals surface area contributed by atoms with Gasteiger partial charge < -0.3 is 14.7 Å². The van der Waals surface area contributed by atoms with E-state index < -0.39 is 47.1 Å². The van der Waals surface area contributed by atoms with Crippen molar-refractivity contribution < 1.29 is 31.1 Å². The van der Waals surface area contributed by atoms with E-state index in [4.69, 9.17) is 17.3 Å². The summed E-state index contributed by atoms with van der Waals surface area (Å²) in [5, 5.41) is -0.343. The van der Waals surface area contributed by atoms with Gasteiger partial charge in [0.15, 0.2) is 0 Å². The average Bonchev–Trinajstić information content (AvgIpc) is 3.42. The number of hydrogen-bond acceptors (Lipinski definition) is 3. The number of fused-ring (bicyclic) bond motifs is 2. The number of imidazole rings is 1. The molecule has 3 aromatic heterocycles. The number of anilines is 1. The molecule has 0 unspecified atom stereocenters. The minimum Gasteiger partial charge on any atom is -0.394 e. The number of aryl methyl sites for hydroxylation is 1. The van der Waals surface area contributed by atoms with Crippen LogP contribution in [0.15, 0.2) is 48.7 Å². The predicted molar refractivity (Wildman–Crippen MR) is 126 cm³/mol. The largest absolute Gasteiger partial charge is 0.417 e. The molecule has 0 fully saturated rings. The zero-order valence-electron chi connectivity index (χ0n) is 18.8. The van der Waals surface area contributed by atoms with Crippen molar-refractivity contribution in [2.75, 3.05) is 5.73 Å². The van der Waals surface area contributed by atoms with Gasteiger partial charge in [0.25, 0.3) is 0 Å². The fourth-order valence-electron chi connectivity index (χ4n) is 4.34.